The van der Waals surface area contributed by atoms with Gasteiger partial charge in [-0.25, -0.2) is 4.98 Å². The van der Waals surface area contributed by atoms with Crippen LogP contribution in [0.1, 0.15) is 18.0 Å². The number of hydrogen-bond donors (Lipinski definition) is 0. The number of amides is 1. The van der Waals surface area contributed by atoms with E-state index in [1.807, 2.05) is 58.0 Å². The molecule has 0 saturated carbocycles. The van der Waals surface area contributed by atoms with Crippen LogP contribution in [-0.4, -0.2) is 58.5 Å². The zero-order valence-corrected chi connectivity index (χ0v) is 17.1. The van der Waals surface area contributed by atoms with Crippen LogP contribution in [0.3, 0.4) is 0 Å². The monoisotopic (exact) mass is 403 g/mol. The highest BCUT2D eigenvalue weighted by atomic mass is 16.5. The van der Waals surface area contributed by atoms with Gasteiger partial charge in [0.15, 0.2) is 0 Å². The lowest BCUT2D eigenvalue weighted by molar-refractivity contribution is -0.133. The molecular weight excluding hydrogens is 378 g/mol. The van der Waals surface area contributed by atoms with Gasteiger partial charge in [-0.3, -0.25) is 9.69 Å². The van der Waals surface area contributed by atoms with Crippen molar-refractivity contribution in [2.75, 3.05) is 33.3 Å². The topological polar surface area (TPSA) is 74.4 Å². The fourth-order valence-electron chi connectivity index (χ4n) is 3.95. The summed E-state index contributed by atoms with van der Waals surface area (Å²) in [7, 11) is 1.63. The average molecular weight is 403 g/mol. The van der Waals surface area contributed by atoms with Crippen molar-refractivity contribution in [1.82, 2.24) is 19.4 Å². The molecule has 2 aromatic carbocycles. The lowest BCUT2D eigenvalue weighted by Crippen LogP contribution is -2.49. The number of aromatic nitrogens is 2. The highest BCUT2D eigenvalue weighted by Crippen LogP contribution is 2.24. The van der Waals surface area contributed by atoms with Crippen LogP contribution in [0.5, 0.6) is 5.75 Å². The number of hydrogen-bond acceptors (Lipinski definition) is 5. The van der Waals surface area contributed by atoms with E-state index >= 15 is 0 Å². The molecule has 0 spiro atoms. The molecule has 3 aromatic rings. The van der Waals surface area contributed by atoms with Crippen molar-refractivity contribution in [2.24, 2.45) is 0 Å². The van der Waals surface area contributed by atoms with E-state index in [0.29, 0.717) is 39.1 Å². The Bertz CT molecular complexity index is 1050. The van der Waals surface area contributed by atoms with Crippen molar-refractivity contribution >= 4 is 16.9 Å². The zero-order chi connectivity index (χ0) is 20.9. The summed E-state index contributed by atoms with van der Waals surface area (Å²) >= 11 is 0. The first-order valence-corrected chi connectivity index (χ1v) is 10.1. The minimum atomic E-state index is -0.314. The second-order valence-electron chi connectivity index (χ2n) is 7.40. The Labute approximate surface area is 176 Å². The Morgan fingerprint density at radius 2 is 1.87 bits per heavy atom. The number of carbonyl (C=O) groups is 1. The summed E-state index contributed by atoms with van der Waals surface area (Å²) in [6.07, 6.45) is 2.24. The fraction of sp³-hybridized carbons (Fsp3) is 0.348. The Morgan fingerprint density at radius 3 is 2.57 bits per heavy atom. The van der Waals surface area contributed by atoms with Crippen molar-refractivity contribution in [3.05, 3.63) is 60.4 Å². The maximum atomic E-state index is 12.7. The number of nitriles is 1. The van der Waals surface area contributed by atoms with E-state index < -0.39 is 0 Å². The van der Waals surface area contributed by atoms with Gasteiger partial charge in [-0.05, 0) is 29.8 Å². The third-order valence-corrected chi connectivity index (χ3v) is 5.68. The number of piperazine rings is 1. The predicted octanol–water partition coefficient (Wildman–Crippen LogP) is 2.84. The Kier molecular flexibility index (Phi) is 5.96. The summed E-state index contributed by atoms with van der Waals surface area (Å²) < 4.78 is 7.22. The number of methoxy groups -OCH3 is 1. The van der Waals surface area contributed by atoms with Crippen molar-refractivity contribution in [3.8, 4) is 11.8 Å². The molecule has 0 bridgehead atoms. The van der Waals surface area contributed by atoms with Crippen molar-refractivity contribution in [2.45, 2.75) is 19.0 Å². The number of aryl methyl sites for hydroxylation is 1. The molecule has 1 unspecified atom stereocenters. The molecule has 4 rings (SSSR count). The molecule has 0 aliphatic carbocycles. The molecule has 30 heavy (non-hydrogen) atoms. The smallest absolute Gasteiger partial charge is 0.224 e. The van der Waals surface area contributed by atoms with Crippen molar-refractivity contribution < 1.29 is 9.53 Å². The molecule has 1 aliphatic heterocycles. The molecule has 7 heteroatoms. The van der Waals surface area contributed by atoms with Gasteiger partial charge in [-0.2, -0.15) is 5.26 Å². The minimum absolute atomic E-state index is 0.144. The number of rotatable bonds is 6. The summed E-state index contributed by atoms with van der Waals surface area (Å²) in [6, 6.07) is 17.6. The normalized spacial score (nSPS) is 15.7. The van der Waals surface area contributed by atoms with Crippen LogP contribution in [0.2, 0.25) is 0 Å². The van der Waals surface area contributed by atoms with Gasteiger partial charge in [0, 0.05) is 39.1 Å². The van der Waals surface area contributed by atoms with Crippen LogP contribution in [0.4, 0.5) is 0 Å². The second-order valence-corrected chi connectivity index (χ2v) is 7.40. The van der Waals surface area contributed by atoms with E-state index in [1.54, 1.807) is 13.4 Å². The first-order valence-electron chi connectivity index (χ1n) is 10.1. The van der Waals surface area contributed by atoms with E-state index in [4.69, 9.17) is 4.74 Å². The lowest BCUT2D eigenvalue weighted by atomic mass is 10.1. The number of imidazole rings is 1. The van der Waals surface area contributed by atoms with Crippen LogP contribution in [0.25, 0.3) is 11.0 Å². The van der Waals surface area contributed by atoms with E-state index in [2.05, 4.69) is 16.0 Å². The molecule has 1 aliphatic rings. The number of fused-ring (bicyclic) bond motifs is 1. The van der Waals surface area contributed by atoms with Gasteiger partial charge in [-0.1, -0.05) is 24.3 Å². The van der Waals surface area contributed by atoms with Crippen LogP contribution >= 0.6 is 0 Å². The van der Waals surface area contributed by atoms with E-state index in [1.165, 1.54) is 0 Å². The first-order chi connectivity index (χ1) is 14.7. The minimum Gasteiger partial charge on any atom is -0.497 e. The molecule has 0 N–H and O–H groups in total. The van der Waals surface area contributed by atoms with Crippen molar-refractivity contribution in [1.29, 1.82) is 5.26 Å². The van der Waals surface area contributed by atoms with Crippen LogP contribution in [0, 0.1) is 11.3 Å². The number of benzene rings is 2. The molecule has 1 amide bonds. The van der Waals surface area contributed by atoms with E-state index in [-0.39, 0.29) is 11.9 Å². The zero-order valence-electron chi connectivity index (χ0n) is 17.1. The molecule has 1 saturated heterocycles. The van der Waals surface area contributed by atoms with Gasteiger partial charge >= 0.3 is 0 Å². The number of carbonyl (C=O) groups excluding carboxylic acids is 1. The summed E-state index contributed by atoms with van der Waals surface area (Å²) in [5.74, 6) is 0.918. The molecule has 7 nitrogen and oxygen atoms in total. The molecule has 154 valence electrons. The third-order valence-electron chi connectivity index (χ3n) is 5.68. The van der Waals surface area contributed by atoms with Crippen LogP contribution < -0.4 is 4.74 Å². The molecule has 1 fully saturated rings. The predicted molar refractivity (Wildman–Crippen MR) is 114 cm³/mol. The maximum Gasteiger partial charge on any atom is 0.224 e. The van der Waals surface area contributed by atoms with Gasteiger partial charge < -0.3 is 14.2 Å². The summed E-state index contributed by atoms with van der Waals surface area (Å²) in [5.41, 5.74) is 2.94. The van der Waals surface area contributed by atoms with Crippen LogP contribution in [0.15, 0.2) is 54.9 Å². The van der Waals surface area contributed by atoms with Crippen LogP contribution in [-0.2, 0) is 11.3 Å². The second kappa shape index (κ2) is 8.97. The molecule has 2 heterocycles. The van der Waals surface area contributed by atoms with E-state index in [9.17, 15) is 10.1 Å². The maximum absolute atomic E-state index is 12.7. The standard InChI is InChI=1S/C23H25N5O2/c1-30-19-8-6-18(7-9-19)22(16-24)26-12-14-27(15-13-26)23(29)10-11-28-17-25-20-4-2-3-5-21(20)28/h2-9,17,22H,10-15H2,1H3. The molecule has 0 radical (unpaired) electrons. The Balaban J connectivity index is 1.32. The third kappa shape index (κ3) is 4.14. The van der Waals surface area contributed by atoms with E-state index in [0.717, 1.165) is 22.3 Å². The van der Waals surface area contributed by atoms with Gasteiger partial charge in [-0.15, -0.1) is 0 Å². The Morgan fingerprint density at radius 1 is 1.13 bits per heavy atom. The quantitative estimate of drug-likeness (QED) is 0.633. The van der Waals surface area contributed by atoms with Gasteiger partial charge in [0.1, 0.15) is 11.8 Å². The van der Waals surface area contributed by atoms with Gasteiger partial charge in [0.05, 0.1) is 30.5 Å². The lowest BCUT2D eigenvalue weighted by Gasteiger charge is -2.37. The largest absolute Gasteiger partial charge is 0.497 e. The summed E-state index contributed by atoms with van der Waals surface area (Å²) in [6.45, 7) is 3.26. The van der Waals surface area contributed by atoms with Gasteiger partial charge in [0.2, 0.25) is 5.91 Å². The molecule has 1 aromatic heterocycles. The Hall–Kier alpha value is -3.37. The molecular formula is C23H25N5O2. The highest BCUT2D eigenvalue weighted by molar-refractivity contribution is 5.77. The molecule has 1 atom stereocenters. The summed E-state index contributed by atoms with van der Waals surface area (Å²) in [5, 5.41) is 9.70. The average Bonchev–Trinajstić information content (AvgIpc) is 3.22. The fourth-order valence-corrected chi connectivity index (χ4v) is 3.95. The SMILES string of the molecule is COc1ccc(C(C#N)N2CCN(C(=O)CCn3cnc4ccccc43)CC2)cc1. The first kappa shape index (κ1) is 19.9. The van der Waals surface area contributed by atoms with Crippen molar-refractivity contribution in [3.63, 3.8) is 0 Å². The summed E-state index contributed by atoms with van der Waals surface area (Å²) in [4.78, 5) is 21.1. The number of ether oxygens (including phenoxy) is 1. The van der Waals surface area contributed by atoms with Gasteiger partial charge in [0.25, 0.3) is 0 Å². The number of para-hydroxylation sites is 2. The highest BCUT2D eigenvalue weighted by Gasteiger charge is 2.27. The number of nitrogens with zero attached hydrogens (tertiary/aromatic N) is 5.